The normalized spacial score (nSPS) is 11.5. The van der Waals surface area contributed by atoms with Crippen LogP contribution in [0.2, 0.25) is 0 Å². The molecule has 1 radical (unpaired) electrons. The first kappa shape index (κ1) is 10.1. The van der Waals surface area contributed by atoms with Crippen molar-refractivity contribution in [1.29, 1.82) is 0 Å². The summed E-state index contributed by atoms with van der Waals surface area (Å²) in [6, 6.07) is 1.51. The molecule has 0 atom stereocenters. The first-order valence-corrected chi connectivity index (χ1v) is 5.39. The first-order chi connectivity index (χ1) is 6.04. The zero-order chi connectivity index (χ0) is 9.90. The largest absolute Gasteiger partial charge is 0.263 e. The van der Waals surface area contributed by atoms with E-state index in [2.05, 4.69) is 4.98 Å². The Balaban J connectivity index is 3.06. The zero-order valence-electron chi connectivity index (χ0n) is 7.27. The molecular weight excluding hydrogens is 188 g/mol. The van der Waals surface area contributed by atoms with Crippen LogP contribution in [0.4, 0.5) is 0 Å². The van der Waals surface area contributed by atoms with Crippen molar-refractivity contribution in [2.75, 3.05) is 0 Å². The Morgan fingerprint density at radius 1 is 1.54 bits per heavy atom. The summed E-state index contributed by atoms with van der Waals surface area (Å²) >= 11 is 0. The molecule has 1 heterocycles. The second-order valence-electron chi connectivity index (χ2n) is 2.61. The van der Waals surface area contributed by atoms with E-state index in [-0.39, 0.29) is 4.90 Å². The molecule has 71 valence electrons. The van der Waals surface area contributed by atoms with Crippen molar-refractivity contribution >= 4 is 10.0 Å². The van der Waals surface area contributed by atoms with Crippen molar-refractivity contribution in [3.05, 3.63) is 30.4 Å². The number of rotatable bonds is 3. The van der Waals surface area contributed by atoms with Gasteiger partial charge in [0, 0.05) is 12.4 Å². The topological polar surface area (TPSA) is 73.0 Å². The third-order valence-electron chi connectivity index (χ3n) is 1.50. The molecule has 0 aliphatic heterocycles. The zero-order valence-corrected chi connectivity index (χ0v) is 8.08. The molecule has 0 bridgehead atoms. The fraction of sp³-hybridized carbons (Fsp3) is 0.250. The lowest BCUT2D eigenvalue weighted by Gasteiger charge is -2.00. The molecule has 1 aromatic rings. The Bertz CT molecular complexity index is 387. The van der Waals surface area contributed by atoms with Crippen molar-refractivity contribution in [3.63, 3.8) is 0 Å². The van der Waals surface area contributed by atoms with E-state index in [0.29, 0.717) is 0 Å². The molecule has 0 amide bonds. The molecule has 0 spiro atoms. The van der Waals surface area contributed by atoms with Gasteiger partial charge in [-0.2, -0.15) is 0 Å². The third-order valence-corrected chi connectivity index (χ3v) is 2.38. The van der Waals surface area contributed by atoms with E-state index in [0.717, 1.165) is 12.0 Å². The van der Waals surface area contributed by atoms with Gasteiger partial charge < -0.3 is 0 Å². The van der Waals surface area contributed by atoms with Crippen molar-refractivity contribution in [2.24, 2.45) is 5.14 Å². The summed E-state index contributed by atoms with van der Waals surface area (Å²) in [5.74, 6) is 0. The molecule has 4 nitrogen and oxygen atoms in total. The lowest BCUT2D eigenvalue weighted by atomic mass is 10.2. The quantitative estimate of drug-likeness (QED) is 0.778. The number of hydrogen-bond donors (Lipinski definition) is 1. The number of hydrogen-bond acceptors (Lipinski definition) is 3. The van der Waals surface area contributed by atoms with Crippen LogP contribution in [0, 0.1) is 6.42 Å². The van der Waals surface area contributed by atoms with E-state index in [1.165, 1.54) is 12.3 Å². The van der Waals surface area contributed by atoms with E-state index in [9.17, 15) is 8.42 Å². The summed E-state index contributed by atoms with van der Waals surface area (Å²) in [6.45, 7) is 1.96. The molecule has 0 fully saturated rings. The molecule has 13 heavy (non-hydrogen) atoms. The van der Waals surface area contributed by atoms with Gasteiger partial charge in [-0.1, -0.05) is 6.92 Å². The van der Waals surface area contributed by atoms with Crippen LogP contribution in [-0.2, 0) is 10.0 Å². The average Bonchev–Trinajstić information content (AvgIpc) is 2.04. The van der Waals surface area contributed by atoms with Gasteiger partial charge in [-0.05, 0) is 24.5 Å². The maximum atomic E-state index is 10.9. The standard InChI is InChI=1S/C8H11N2O2S/c1-2-3-7-4-8(6-10-5-7)13(9,11)12/h3-6H,2H2,1H3,(H2,9,11,12). The lowest BCUT2D eigenvalue weighted by molar-refractivity contribution is 0.597. The molecule has 1 rings (SSSR count). The Kier molecular flexibility index (Phi) is 3.00. The fourth-order valence-corrected chi connectivity index (χ4v) is 1.45. The highest BCUT2D eigenvalue weighted by molar-refractivity contribution is 7.89. The van der Waals surface area contributed by atoms with Crippen molar-refractivity contribution in [1.82, 2.24) is 4.98 Å². The number of primary sulfonamides is 1. The molecule has 5 heteroatoms. The van der Waals surface area contributed by atoms with Gasteiger partial charge in [0.15, 0.2) is 0 Å². The highest BCUT2D eigenvalue weighted by Crippen LogP contribution is 2.10. The summed E-state index contributed by atoms with van der Waals surface area (Å²) in [4.78, 5) is 3.83. The third kappa shape index (κ3) is 2.78. The van der Waals surface area contributed by atoms with Crippen LogP contribution < -0.4 is 5.14 Å². The van der Waals surface area contributed by atoms with Crippen LogP contribution in [0.1, 0.15) is 18.9 Å². The van der Waals surface area contributed by atoms with Crippen LogP contribution in [0.5, 0.6) is 0 Å². The average molecular weight is 199 g/mol. The fourth-order valence-electron chi connectivity index (χ4n) is 0.939. The Hall–Kier alpha value is -0.940. The van der Waals surface area contributed by atoms with E-state index in [4.69, 9.17) is 5.14 Å². The van der Waals surface area contributed by atoms with E-state index >= 15 is 0 Å². The minimum Gasteiger partial charge on any atom is -0.263 e. The predicted octanol–water partition coefficient (Wildman–Crippen LogP) is 0.691. The van der Waals surface area contributed by atoms with Gasteiger partial charge in [-0.3, -0.25) is 4.98 Å². The lowest BCUT2D eigenvalue weighted by Crippen LogP contribution is -2.12. The van der Waals surface area contributed by atoms with E-state index in [1.54, 1.807) is 6.20 Å². The summed E-state index contributed by atoms with van der Waals surface area (Å²) in [5.41, 5.74) is 0.772. The monoisotopic (exact) mass is 199 g/mol. The predicted molar refractivity (Wildman–Crippen MR) is 49.3 cm³/mol. The summed E-state index contributed by atoms with van der Waals surface area (Å²) in [6.07, 6.45) is 5.54. The van der Waals surface area contributed by atoms with Gasteiger partial charge in [-0.25, -0.2) is 13.6 Å². The Labute approximate surface area is 77.8 Å². The van der Waals surface area contributed by atoms with Gasteiger partial charge in [0.2, 0.25) is 10.0 Å². The first-order valence-electron chi connectivity index (χ1n) is 3.85. The highest BCUT2D eigenvalue weighted by Gasteiger charge is 2.07. The van der Waals surface area contributed by atoms with E-state index < -0.39 is 10.0 Å². The van der Waals surface area contributed by atoms with Gasteiger partial charge in [0.1, 0.15) is 4.90 Å². The number of pyridine rings is 1. The second-order valence-corrected chi connectivity index (χ2v) is 4.17. The van der Waals surface area contributed by atoms with Crippen LogP contribution in [-0.4, -0.2) is 13.4 Å². The van der Waals surface area contributed by atoms with Crippen molar-refractivity contribution in [3.8, 4) is 0 Å². The molecule has 2 N–H and O–H groups in total. The molecule has 0 aromatic carbocycles. The van der Waals surface area contributed by atoms with Crippen LogP contribution in [0.15, 0.2) is 23.4 Å². The van der Waals surface area contributed by atoms with Gasteiger partial charge >= 0.3 is 0 Å². The van der Waals surface area contributed by atoms with Crippen molar-refractivity contribution in [2.45, 2.75) is 18.2 Å². The number of nitrogens with two attached hydrogens (primary N) is 1. The number of nitrogens with zero attached hydrogens (tertiary/aromatic N) is 1. The number of sulfonamides is 1. The maximum absolute atomic E-state index is 10.9. The molecule has 0 saturated heterocycles. The van der Waals surface area contributed by atoms with Crippen LogP contribution in [0.25, 0.3) is 0 Å². The molecule has 0 aliphatic rings. The second kappa shape index (κ2) is 3.85. The van der Waals surface area contributed by atoms with Gasteiger partial charge in [0.25, 0.3) is 0 Å². The van der Waals surface area contributed by atoms with Crippen LogP contribution in [0.3, 0.4) is 0 Å². The molecule has 1 aromatic heterocycles. The van der Waals surface area contributed by atoms with Gasteiger partial charge in [0.05, 0.1) is 0 Å². The minimum absolute atomic E-state index is 0.0506. The molecule has 0 aliphatic carbocycles. The minimum atomic E-state index is -3.63. The molecular formula is C8H11N2O2S. The number of aromatic nitrogens is 1. The maximum Gasteiger partial charge on any atom is 0.239 e. The summed E-state index contributed by atoms with van der Waals surface area (Å²) in [5, 5.41) is 4.94. The SMILES string of the molecule is CC[CH]c1cncc(S(N)(=O)=O)c1. The Morgan fingerprint density at radius 2 is 2.23 bits per heavy atom. The van der Waals surface area contributed by atoms with Crippen LogP contribution >= 0.6 is 0 Å². The summed E-state index contributed by atoms with van der Waals surface area (Å²) < 4.78 is 21.8. The van der Waals surface area contributed by atoms with Gasteiger partial charge in [-0.15, -0.1) is 0 Å². The van der Waals surface area contributed by atoms with E-state index in [1.807, 2.05) is 13.3 Å². The molecule has 0 unspecified atom stereocenters. The summed E-state index contributed by atoms with van der Waals surface area (Å²) in [7, 11) is -3.63. The van der Waals surface area contributed by atoms with Crippen molar-refractivity contribution < 1.29 is 8.42 Å². The highest BCUT2D eigenvalue weighted by atomic mass is 32.2. The molecule has 0 saturated carbocycles. The smallest absolute Gasteiger partial charge is 0.239 e. The Morgan fingerprint density at radius 3 is 2.77 bits per heavy atom.